The molecular formula is C14H21N3O2. The summed E-state index contributed by atoms with van der Waals surface area (Å²) >= 11 is 0. The van der Waals surface area contributed by atoms with E-state index >= 15 is 0 Å². The third-order valence-corrected chi connectivity index (χ3v) is 3.47. The number of nitrogens with two attached hydrogens (primary N) is 1. The molecule has 0 bridgehead atoms. The number of nitrogens with one attached hydrogen (secondary N) is 1. The topological polar surface area (TPSA) is 67.6 Å². The summed E-state index contributed by atoms with van der Waals surface area (Å²) < 4.78 is 4.80. The minimum absolute atomic E-state index is 0.312. The van der Waals surface area contributed by atoms with Crippen LogP contribution in [-0.2, 0) is 4.74 Å². The first-order valence-electron chi connectivity index (χ1n) is 6.53. The number of nitrogen functional groups attached to an aromatic ring is 1. The summed E-state index contributed by atoms with van der Waals surface area (Å²) in [6.45, 7) is 2.07. The van der Waals surface area contributed by atoms with Crippen LogP contribution in [0.3, 0.4) is 0 Å². The van der Waals surface area contributed by atoms with E-state index in [0.29, 0.717) is 23.0 Å². The number of hydrogen-bond acceptors (Lipinski definition) is 5. The fourth-order valence-electron chi connectivity index (χ4n) is 2.50. The van der Waals surface area contributed by atoms with Gasteiger partial charge in [-0.3, -0.25) is 0 Å². The van der Waals surface area contributed by atoms with E-state index < -0.39 is 0 Å². The van der Waals surface area contributed by atoms with Crippen LogP contribution in [0.25, 0.3) is 0 Å². The van der Waals surface area contributed by atoms with Gasteiger partial charge in [-0.1, -0.05) is 6.07 Å². The van der Waals surface area contributed by atoms with E-state index in [2.05, 4.69) is 17.3 Å². The Morgan fingerprint density at radius 1 is 1.53 bits per heavy atom. The van der Waals surface area contributed by atoms with Crippen LogP contribution in [0.15, 0.2) is 18.2 Å². The summed E-state index contributed by atoms with van der Waals surface area (Å²) in [6.07, 6.45) is 2.23. The Labute approximate surface area is 113 Å². The lowest BCUT2D eigenvalue weighted by atomic mass is 10.0. The zero-order chi connectivity index (χ0) is 13.8. The van der Waals surface area contributed by atoms with Crippen LogP contribution in [-0.4, -0.2) is 44.2 Å². The van der Waals surface area contributed by atoms with Crippen molar-refractivity contribution in [1.29, 1.82) is 0 Å². The number of carbonyl (C=O) groups is 1. The van der Waals surface area contributed by atoms with Crippen LogP contribution >= 0.6 is 0 Å². The van der Waals surface area contributed by atoms with E-state index in [9.17, 15) is 4.79 Å². The predicted molar refractivity (Wildman–Crippen MR) is 76.3 cm³/mol. The van der Waals surface area contributed by atoms with E-state index in [0.717, 1.165) is 25.9 Å². The Bertz CT molecular complexity index is 462. The first kappa shape index (κ1) is 13.7. The standard InChI is InChI=1S/C14H21N3O2/c1-17-8-4-5-10(9-17)16-13-11(14(18)19-2)6-3-7-12(13)15/h3,6-7,10,16H,4-5,8-9,15H2,1-2H3. The molecule has 1 saturated heterocycles. The van der Waals surface area contributed by atoms with Crippen LogP contribution in [0, 0.1) is 0 Å². The lowest BCUT2D eigenvalue weighted by Crippen LogP contribution is -2.40. The highest BCUT2D eigenvalue weighted by Crippen LogP contribution is 2.26. The van der Waals surface area contributed by atoms with Crippen LogP contribution in [0.2, 0.25) is 0 Å². The normalized spacial score (nSPS) is 20.0. The maximum Gasteiger partial charge on any atom is 0.340 e. The van der Waals surface area contributed by atoms with Crippen molar-refractivity contribution in [3.8, 4) is 0 Å². The average Bonchev–Trinajstić information content (AvgIpc) is 2.40. The third kappa shape index (κ3) is 3.17. The fraction of sp³-hybridized carbons (Fsp3) is 0.500. The minimum atomic E-state index is -0.362. The van der Waals surface area contributed by atoms with Crippen LogP contribution in [0.1, 0.15) is 23.2 Å². The van der Waals surface area contributed by atoms with Crippen molar-refractivity contribution in [3.05, 3.63) is 23.8 Å². The van der Waals surface area contributed by atoms with Gasteiger partial charge in [-0.25, -0.2) is 4.79 Å². The molecule has 2 rings (SSSR count). The molecule has 5 nitrogen and oxygen atoms in total. The molecule has 0 amide bonds. The van der Waals surface area contributed by atoms with Crippen molar-refractivity contribution < 1.29 is 9.53 Å². The second-order valence-electron chi connectivity index (χ2n) is 5.01. The van der Waals surface area contributed by atoms with Gasteiger partial charge >= 0.3 is 5.97 Å². The summed E-state index contributed by atoms with van der Waals surface area (Å²) in [5.41, 5.74) is 7.75. The zero-order valence-corrected chi connectivity index (χ0v) is 11.5. The molecule has 3 N–H and O–H groups in total. The molecule has 1 aliphatic heterocycles. The van der Waals surface area contributed by atoms with Gasteiger partial charge < -0.3 is 20.7 Å². The van der Waals surface area contributed by atoms with Crippen molar-refractivity contribution in [2.24, 2.45) is 0 Å². The van der Waals surface area contributed by atoms with Gasteiger partial charge in [-0.2, -0.15) is 0 Å². The molecule has 1 aromatic carbocycles. The van der Waals surface area contributed by atoms with Crippen molar-refractivity contribution in [1.82, 2.24) is 4.90 Å². The average molecular weight is 263 g/mol. The first-order chi connectivity index (χ1) is 9.11. The summed E-state index contributed by atoms with van der Waals surface area (Å²) in [7, 11) is 3.48. The van der Waals surface area contributed by atoms with Crippen molar-refractivity contribution >= 4 is 17.3 Å². The van der Waals surface area contributed by atoms with E-state index in [1.165, 1.54) is 7.11 Å². The van der Waals surface area contributed by atoms with Crippen LogP contribution in [0.4, 0.5) is 11.4 Å². The third-order valence-electron chi connectivity index (χ3n) is 3.47. The smallest absolute Gasteiger partial charge is 0.340 e. The van der Waals surface area contributed by atoms with Gasteiger partial charge in [0.25, 0.3) is 0 Å². The Morgan fingerprint density at radius 2 is 2.32 bits per heavy atom. The Kier molecular flexibility index (Phi) is 4.27. The number of rotatable bonds is 3. The van der Waals surface area contributed by atoms with Gasteiger partial charge in [-0.15, -0.1) is 0 Å². The first-order valence-corrected chi connectivity index (χ1v) is 6.53. The molecular weight excluding hydrogens is 242 g/mol. The number of carbonyl (C=O) groups excluding carboxylic acids is 1. The number of anilines is 2. The molecule has 1 aliphatic rings. The SMILES string of the molecule is COC(=O)c1cccc(N)c1NC1CCCN(C)C1. The highest BCUT2D eigenvalue weighted by molar-refractivity contribution is 5.98. The molecule has 0 radical (unpaired) electrons. The highest BCUT2D eigenvalue weighted by atomic mass is 16.5. The second-order valence-corrected chi connectivity index (χ2v) is 5.01. The fourth-order valence-corrected chi connectivity index (χ4v) is 2.50. The molecule has 0 spiro atoms. The molecule has 0 aliphatic carbocycles. The largest absolute Gasteiger partial charge is 0.465 e. The molecule has 0 saturated carbocycles. The molecule has 1 aromatic rings. The maximum absolute atomic E-state index is 11.8. The molecule has 1 heterocycles. The molecule has 0 aromatic heterocycles. The van der Waals surface area contributed by atoms with E-state index in [1.807, 2.05) is 0 Å². The van der Waals surface area contributed by atoms with Crippen molar-refractivity contribution in [2.75, 3.05) is 38.3 Å². The van der Waals surface area contributed by atoms with Gasteiger partial charge in [0.15, 0.2) is 0 Å². The number of likely N-dealkylation sites (tertiary alicyclic amines) is 1. The Hall–Kier alpha value is -1.75. The molecule has 1 atom stereocenters. The number of piperidine rings is 1. The summed E-state index contributed by atoms with van der Waals surface area (Å²) in [5.74, 6) is -0.362. The van der Waals surface area contributed by atoms with Crippen molar-refractivity contribution in [2.45, 2.75) is 18.9 Å². The molecule has 19 heavy (non-hydrogen) atoms. The highest BCUT2D eigenvalue weighted by Gasteiger charge is 2.21. The number of benzene rings is 1. The van der Waals surface area contributed by atoms with Crippen LogP contribution in [0.5, 0.6) is 0 Å². The number of likely N-dealkylation sites (N-methyl/N-ethyl adjacent to an activating group) is 1. The number of para-hydroxylation sites is 1. The minimum Gasteiger partial charge on any atom is -0.465 e. The summed E-state index contributed by atoms with van der Waals surface area (Å²) in [5, 5.41) is 3.40. The van der Waals surface area contributed by atoms with Gasteiger partial charge in [0.1, 0.15) is 0 Å². The number of methoxy groups -OCH3 is 1. The van der Waals surface area contributed by atoms with Crippen LogP contribution < -0.4 is 11.1 Å². The second kappa shape index (κ2) is 5.93. The van der Waals surface area contributed by atoms with Gasteiger partial charge in [0.05, 0.1) is 24.0 Å². The monoisotopic (exact) mass is 263 g/mol. The molecule has 1 unspecified atom stereocenters. The lowest BCUT2D eigenvalue weighted by Gasteiger charge is -2.31. The number of nitrogens with zero attached hydrogens (tertiary/aromatic N) is 1. The molecule has 104 valence electrons. The van der Waals surface area contributed by atoms with Gasteiger partial charge in [-0.05, 0) is 38.6 Å². The van der Waals surface area contributed by atoms with E-state index in [1.54, 1.807) is 18.2 Å². The van der Waals surface area contributed by atoms with E-state index in [4.69, 9.17) is 10.5 Å². The summed E-state index contributed by atoms with van der Waals surface area (Å²) in [4.78, 5) is 14.0. The van der Waals surface area contributed by atoms with Gasteiger partial charge in [0.2, 0.25) is 0 Å². The lowest BCUT2D eigenvalue weighted by molar-refractivity contribution is 0.0602. The molecule has 1 fully saturated rings. The summed E-state index contributed by atoms with van der Waals surface area (Å²) in [6, 6.07) is 5.60. The number of ether oxygens (including phenoxy) is 1. The maximum atomic E-state index is 11.8. The quantitative estimate of drug-likeness (QED) is 0.640. The van der Waals surface area contributed by atoms with E-state index in [-0.39, 0.29) is 5.97 Å². The zero-order valence-electron chi connectivity index (χ0n) is 11.5. The van der Waals surface area contributed by atoms with Crippen molar-refractivity contribution in [3.63, 3.8) is 0 Å². The Balaban J connectivity index is 2.21. The number of hydrogen-bond donors (Lipinski definition) is 2. The van der Waals surface area contributed by atoms with Gasteiger partial charge in [0, 0.05) is 12.6 Å². The number of esters is 1. The molecule has 5 heteroatoms. The predicted octanol–water partition coefficient (Wildman–Crippen LogP) is 1.56. The Morgan fingerprint density at radius 3 is 3.00 bits per heavy atom.